The van der Waals surface area contributed by atoms with Crippen LogP contribution in [0.1, 0.15) is 44.2 Å². The maximum absolute atomic E-state index is 12.3. The number of para-hydroxylation sites is 1. The van der Waals surface area contributed by atoms with Crippen molar-refractivity contribution in [3.05, 3.63) is 40.4 Å². The molecule has 0 spiro atoms. The Morgan fingerprint density at radius 1 is 1.37 bits per heavy atom. The van der Waals surface area contributed by atoms with Crippen molar-refractivity contribution in [2.45, 2.75) is 48.7 Å². The number of hydrogen-bond acceptors (Lipinski definition) is 7. The number of thioether (sulfide) groups is 1. The van der Waals surface area contributed by atoms with Gasteiger partial charge in [0.15, 0.2) is 4.34 Å². The standard InChI is InChI=1S/C18H19N5O2S2/c1-3-14(24)23(11-8-9-11)17-21-22-18(27-17)26-10(2)15-19-13-7-5-4-6-12(13)16(25)20-15/h4-7,10-11H,3,8-9H2,1-2H3,(H,19,20,25). The summed E-state index contributed by atoms with van der Waals surface area (Å²) in [6.07, 6.45) is 2.50. The number of amides is 1. The molecule has 0 saturated heterocycles. The normalized spacial score (nSPS) is 15.0. The van der Waals surface area contributed by atoms with E-state index < -0.39 is 0 Å². The first-order chi connectivity index (χ1) is 13.1. The molecule has 0 bridgehead atoms. The number of nitrogens with zero attached hydrogens (tertiary/aromatic N) is 4. The van der Waals surface area contributed by atoms with Crippen LogP contribution < -0.4 is 10.5 Å². The molecule has 2 heterocycles. The molecular formula is C18H19N5O2S2. The summed E-state index contributed by atoms with van der Waals surface area (Å²) in [4.78, 5) is 33.7. The number of fused-ring (bicyclic) bond motifs is 1. The molecule has 2 aromatic heterocycles. The lowest BCUT2D eigenvalue weighted by Crippen LogP contribution is -2.32. The van der Waals surface area contributed by atoms with Gasteiger partial charge in [0, 0.05) is 12.5 Å². The zero-order valence-corrected chi connectivity index (χ0v) is 16.6. The number of nitrogens with one attached hydrogen (secondary N) is 1. The SMILES string of the molecule is CCC(=O)N(c1nnc(SC(C)c2nc3ccccc3c(=O)[nH]2)s1)C1CC1. The van der Waals surface area contributed by atoms with Gasteiger partial charge < -0.3 is 4.98 Å². The van der Waals surface area contributed by atoms with Crippen LogP contribution in [-0.4, -0.2) is 32.1 Å². The molecule has 0 aliphatic heterocycles. The van der Waals surface area contributed by atoms with Crippen molar-refractivity contribution in [1.82, 2.24) is 20.2 Å². The van der Waals surface area contributed by atoms with Crippen LogP contribution >= 0.6 is 23.1 Å². The minimum atomic E-state index is -0.144. The van der Waals surface area contributed by atoms with Crippen LogP contribution in [0.15, 0.2) is 33.4 Å². The van der Waals surface area contributed by atoms with E-state index in [-0.39, 0.29) is 22.8 Å². The number of benzene rings is 1. The summed E-state index contributed by atoms with van der Waals surface area (Å²) in [7, 11) is 0. The molecule has 1 unspecified atom stereocenters. The van der Waals surface area contributed by atoms with Gasteiger partial charge in [0.25, 0.3) is 5.56 Å². The third kappa shape index (κ3) is 3.74. The summed E-state index contributed by atoms with van der Waals surface area (Å²) >= 11 is 2.89. The van der Waals surface area contributed by atoms with E-state index in [1.54, 1.807) is 11.0 Å². The van der Waals surface area contributed by atoms with Crippen LogP contribution in [0.3, 0.4) is 0 Å². The highest BCUT2D eigenvalue weighted by atomic mass is 32.2. The Morgan fingerprint density at radius 2 is 2.15 bits per heavy atom. The first-order valence-corrected chi connectivity index (χ1v) is 10.6. The highest BCUT2D eigenvalue weighted by molar-refractivity contribution is 8.01. The van der Waals surface area contributed by atoms with Crippen molar-refractivity contribution in [2.75, 3.05) is 4.90 Å². The van der Waals surface area contributed by atoms with Crippen molar-refractivity contribution in [3.8, 4) is 0 Å². The summed E-state index contributed by atoms with van der Waals surface area (Å²) in [5.41, 5.74) is 0.532. The van der Waals surface area contributed by atoms with Crippen molar-refractivity contribution >= 4 is 45.0 Å². The van der Waals surface area contributed by atoms with Gasteiger partial charge in [0.2, 0.25) is 11.0 Å². The maximum atomic E-state index is 12.3. The molecule has 0 radical (unpaired) electrons. The molecular weight excluding hydrogens is 382 g/mol. The van der Waals surface area contributed by atoms with Gasteiger partial charge >= 0.3 is 0 Å². The van der Waals surface area contributed by atoms with Crippen molar-refractivity contribution in [3.63, 3.8) is 0 Å². The average molecular weight is 402 g/mol. The fourth-order valence-corrected chi connectivity index (χ4v) is 4.95. The second-order valence-electron chi connectivity index (χ2n) is 6.43. The lowest BCUT2D eigenvalue weighted by molar-refractivity contribution is -0.118. The molecule has 27 heavy (non-hydrogen) atoms. The van der Waals surface area contributed by atoms with Gasteiger partial charge in [-0.25, -0.2) is 4.98 Å². The first kappa shape index (κ1) is 18.1. The van der Waals surface area contributed by atoms with E-state index in [9.17, 15) is 9.59 Å². The van der Waals surface area contributed by atoms with E-state index in [0.717, 1.165) is 17.2 Å². The Labute approximate surface area is 164 Å². The van der Waals surface area contributed by atoms with Crippen LogP contribution in [0.5, 0.6) is 0 Å². The third-order valence-electron chi connectivity index (χ3n) is 4.38. The summed E-state index contributed by atoms with van der Waals surface area (Å²) < 4.78 is 0.753. The van der Waals surface area contributed by atoms with Crippen LogP contribution in [0.25, 0.3) is 10.9 Å². The molecule has 1 aromatic carbocycles. The van der Waals surface area contributed by atoms with Crippen molar-refractivity contribution < 1.29 is 4.79 Å². The van der Waals surface area contributed by atoms with E-state index >= 15 is 0 Å². The van der Waals surface area contributed by atoms with Crippen LogP contribution in [0.2, 0.25) is 0 Å². The number of aromatic amines is 1. The number of carbonyl (C=O) groups excluding carboxylic acids is 1. The maximum Gasteiger partial charge on any atom is 0.258 e. The second-order valence-corrected chi connectivity index (χ2v) is 8.97. The fourth-order valence-electron chi connectivity index (χ4n) is 2.82. The lowest BCUT2D eigenvalue weighted by Gasteiger charge is -2.17. The zero-order valence-electron chi connectivity index (χ0n) is 15.0. The predicted molar refractivity (Wildman–Crippen MR) is 107 cm³/mol. The smallest absolute Gasteiger partial charge is 0.258 e. The molecule has 1 aliphatic rings. The highest BCUT2D eigenvalue weighted by Crippen LogP contribution is 2.40. The second kappa shape index (κ2) is 7.40. The number of hydrogen-bond donors (Lipinski definition) is 1. The molecule has 1 saturated carbocycles. The van der Waals surface area contributed by atoms with E-state index in [0.29, 0.717) is 28.3 Å². The molecule has 1 N–H and O–H groups in total. The van der Waals surface area contributed by atoms with Gasteiger partial charge in [0.1, 0.15) is 5.82 Å². The number of rotatable bonds is 6. The fraction of sp³-hybridized carbons (Fsp3) is 0.389. The largest absolute Gasteiger partial charge is 0.309 e. The monoisotopic (exact) mass is 401 g/mol. The van der Waals surface area contributed by atoms with E-state index in [1.165, 1.54) is 23.1 Å². The molecule has 1 atom stereocenters. The Morgan fingerprint density at radius 3 is 2.89 bits per heavy atom. The summed E-state index contributed by atoms with van der Waals surface area (Å²) in [6, 6.07) is 7.54. The topological polar surface area (TPSA) is 91.8 Å². The first-order valence-electron chi connectivity index (χ1n) is 8.88. The Bertz CT molecular complexity index is 1040. The van der Waals surface area contributed by atoms with E-state index in [2.05, 4.69) is 20.2 Å². The predicted octanol–water partition coefficient (Wildman–Crippen LogP) is 3.53. The van der Waals surface area contributed by atoms with E-state index in [4.69, 9.17) is 0 Å². The van der Waals surface area contributed by atoms with E-state index in [1.807, 2.05) is 32.0 Å². The molecule has 1 aliphatic carbocycles. The van der Waals surface area contributed by atoms with Gasteiger partial charge in [-0.2, -0.15) is 0 Å². The lowest BCUT2D eigenvalue weighted by atomic mass is 10.2. The molecule has 1 fully saturated rings. The molecule has 140 valence electrons. The van der Waals surface area contributed by atoms with Crippen molar-refractivity contribution in [2.24, 2.45) is 0 Å². The number of carbonyl (C=O) groups is 1. The van der Waals surface area contributed by atoms with Crippen LogP contribution in [-0.2, 0) is 4.79 Å². The van der Waals surface area contributed by atoms with Gasteiger partial charge in [-0.15, -0.1) is 10.2 Å². The van der Waals surface area contributed by atoms with Crippen LogP contribution in [0.4, 0.5) is 5.13 Å². The quantitative estimate of drug-likeness (QED) is 0.502. The van der Waals surface area contributed by atoms with Gasteiger partial charge in [-0.3, -0.25) is 14.5 Å². The molecule has 3 aromatic rings. The highest BCUT2D eigenvalue weighted by Gasteiger charge is 2.35. The van der Waals surface area contributed by atoms with Crippen LogP contribution in [0, 0.1) is 0 Å². The minimum Gasteiger partial charge on any atom is -0.309 e. The van der Waals surface area contributed by atoms with Crippen molar-refractivity contribution in [1.29, 1.82) is 0 Å². The molecule has 4 rings (SSSR count). The van der Waals surface area contributed by atoms with Gasteiger partial charge in [0.05, 0.1) is 16.2 Å². The number of anilines is 1. The molecule has 7 nitrogen and oxygen atoms in total. The van der Waals surface area contributed by atoms with Gasteiger partial charge in [-0.1, -0.05) is 42.2 Å². The average Bonchev–Trinajstić information content (AvgIpc) is 3.40. The molecule has 1 amide bonds. The summed E-state index contributed by atoms with van der Waals surface area (Å²) in [6.45, 7) is 3.83. The Balaban J connectivity index is 1.55. The number of H-pyrrole nitrogens is 1. The Kier molecular flexibility index (Phi) is 4.96. The minimum absolute atomic E-state index is 0.0822. The Hall–Kier alpha value is -2.26. The van der Waals surface area contributed by atoms with Gasteiger partial charge in [-0.05, 0) is 31.9 Å². The molecule has 9 heteroatoms. The number of aromatic nitrogens is 4. The third-order valence-corrected chi connectivity index (χ3v) is 6.49. The zero-order chi connectivity index (χ0) is 19.0. The summed E-state index contributed by atoms with van der Waals surface area (Å²) in [5, 5.41) is 9.59. The summed E-state index contributed by atoms with van der Waals surface area (Å²) in [5.74, 6) is 0.683.